The molecule has 0 radical (unpaired) electrons. The Labute approximate surface area is 152 Å². The minimum absolute atomic E-state index is 0.311. The van der Waals surface area contributed by atoms with Crippen molar-refractivity contribution in [2.75, 3.05) is 18.1 Å². The molecule has 0 saturated carbocycles. The lowest BCUT2D eigenvalue weighted by molar-refractivity contribution is 0.178. The number of nitrogens with zero attached hydrogens (tertiary/aromatic N) is 5. The van der Waals surface area contributed by atoms with Crippen molar-refractivity contribution in [3.63, 3.8) is 0 Å². The molecule has 1 fully saturated rings. The zero-order chi connectivity index (χ0) is 18.5. The second kappa shape index (κ2) is 5.99. The molecule has 3 aromatic heterocycles. The second-order valence-electron chi connectivity index (χ2n) is 7.75. The Bertz CT molecular complexity index is 985. The van der Waals surface area contributed by atoms with Crippen molar-refractivity contribution < 1.29 is 5.11 Å². The van der Waals surface area contributed by atoms with Crippen molar-refractivity contribution in [2.24, 2.45) is 11.3 Å². The van der Waals surface area contributed by atoms with Gasteiger partial charge in [-0.2, -0.15) is 5.26 Å². The van der Waals surface area contributed by atoms with Crippen LogP contribution < -0.4 is 5.01 Å². The Hall–Kier alpha value is -2.59. The number of hydrogen-bond acceptors (Lipinski definition) is 5. The molecule has 1 atom stereocenters. The molecule has 1 aliphatic heterocycles. The molecule has 1 aliphatic rings. The molecular formula is C19H24N6O. The molecule has 136 valence electrons. The zero-order valence-electron chi connectivity index (χ0n) is 15.4. The molecule has 0 amide bonds. The van der Waals surface area contributed by atoms with Crippen LogP contribution in [0.15, 0.2) is 18.5 Å². The summed E-state index contributed by atoms with van der Waals surface area (Å²) >= 11 is 0. The van der Waals surface area contributed by atoms with Gasteiger partial charge < -0.3 is 15.1 Å². The first-order valence-electron chi connectivity index (χ1n) is 9.11. The molecule has 26 heavy (non-hydrogen) atoms. The van der Waals surface area contributed by atoms with Gasteiger partial charge in [-0.25, -0.2) is 14.6 Å². The number of nitrogens with one attached hydrogen (secondary N) is 1. The van der Waals surface area contributed by atoms with Gasteiger partial charge in [-0.3, -0.25) is 0 Å². The van der Waals surface area contributed by atoms with Gasteiger partial charge in [0, 0.05) is 24.7 Å². The molecule has 1 saturated heterocycles. The quantitative estimate of drug-likeness (QED) is 0.756. The fourth-order valence-electron chi connectivity index (χ4n) is 4.01. The number of piperidine rings is 1. The minimum Gasteiger partial charge on any atom is -0.385 e. The average molecular weight is 352 g/mol. The van der Waals surface area contributed by atoms with Crippen molar-refractivity contribution in [3.8, 4) is 6.07 Å². The third kappa shape index (κ3) is 2.53. The van der Waals surface area contributed by atoms with Gasteiger partial charge in [-0.15, -0.1) is 0 Å². The summed E-state index contributed by atoms with van der Waals surface area (Å²) in [7, 11) is 0. The van der Waals surface area contributed by atoms with Crippen LogP contribution in [-0.2, 0) is 0 Å². The number of nitriles is 1. The molecule has 4 heterocycles. The highest BCUT2D eigenvalue weighted by molar-refractivity contribution is 6.01. The van der Waals surface area contributed by atoms with Crippen LogP contribution in [0.1, 0.15) is 45.5 Å². The molecule has 4 rings (SSSR count). The summed E-state index contributed by atoms with van der Waals surface area (Å²) in [4.78, 5) is 12.2. The molecule has 0 unspecified atom stereocenters. The first-order chi connectivity index (χ1) is 12.4. The van der Waals surface area contributed by atoms with Crippen molar-refractivity contribution in [1.82, 2.24) is 19.6 Å². The van der Waals surface area contributed by atoms with E-state index in [9.17, 15) is 10.4 Å². The summed E-state index contributed by atoms with van der Waals surface area (Å²) < 4.78 is 2.06. The van der Waals surface area contributed by atoms with E-state index < -0.39 is 6.10 Å². The number of H-pyrrole nitrogens is 1. The van der Waals surface area contributed by atoms with E-state index in [-0.39, 0.29) is 5.41 Å². The van der Waals surface area contributed by atoms with Gasteiger partial charge in [-0.1, -0.05) is 0 Å². The van der Waals surface area contributed by atoms with Crippen LogP contribution >= 0.6 is 0 Å². The Balaban J connectivity index is 1.78. The van der Waals surface area contributed by atoms with Gasteiger partial charge >= 0.3 is 0 Å². The number of imidazole rings is 1. The molecule has 0 aromatic carbocycles. The Morgan fingerprint density at radius 3 is 2.77 bits per heavy atom. The predicted molar refractivity (Wildman–Crippen MR) is 100 cm³/mol. The summed E-state index contributed by atoms with van der Waals surface area (Å²) in [5, 5.41) is 23.0. The second-order valence-corrected chi connectivity index (χ2v) is 7.75. The van der Waals surface area contributed by atoms with Crippen molar-refractivity contribution in [1.29, 1.82) is 5.26 Å². The summed E-state index contributed by atoms with van der Waals surface area (Å²) in [6.07, 6.45) is 4.84. The number of aliphatic hydroxyl groups is 1. The molecule has 0 bridgehead atoms. The maximum absolute atomic E-state index is 10.3. The van der Waals surface area contributed by atoms with Crippen molar-refractivity contribution >= 4 is 22.1 Å². The van der Waals surface area contributed by atoms with E-state index in [1.54, 1.807) is 13.1 Å². The van der Waals surface area contributed by atoms with E-state index in [2.05, 4.69) is 30.7 Å². The van der Waals surface area contributed by atoms with E-state index in [1.807, 2.05) is 26.1 Å². The van der Waals surface area contributed by atoms with E-state index in [1.165, 1.54) is 0 Å². The molecule has 7 nitrogen and oxygen atoms in total. The number of rotatable bonds is 3. The van der Waals surface area contributed by atoms with Crippen LogP contribution in [0, 0.1) is 22.7 Å². The fraction of sp³-hybridized carbons (Fsp3) is 0.526. The van der Waals surface area contributed by atoms with Gasteiger partial charge in [0.05, 0.1) is 17.7 Å². The summed E-state index contributed by atoms with van der Waals surface area (Å²) in [5.41, 5.74) is 2.27. The van der Waals surface area contributed by atoms with Crippen LogP contribution in [0.2, 0.25) is 0 Å². The first-order valence-corrected chi connectivity index (χ1v) is 9.11. The molecule has 3 aromatic rings. The maximum atomic E-state index is 10.3. The first kappa shape index (κ1) is 16.9. The topological polar surface area (TPSA) is 93.8 Å². The predicted octanol–water partition coefficient (Wildman–Crippen LogP) is 2.86. The van der Waals surface area contributed by atoms with Crippen LogP contribution in [0.5, 0.6) is 0 Å². The van der Waals surface area contributed by atoms with E-state index >= 15 is 0 Å². The van der Waals surface area contributed by atoms with Gasteiger partial charge in [0.2, 0.25) is 0 Å². The zero-order valence-corrected chi connectivity index (χ0v) is 15.4. The van der Waals surface area contributed by atoms with Gasteiger partial charge in [-0.05, 0) is 45.6 Å². The van der Waals surface area contributed by atoms with Gasteiger partial charge in [0.1, 0.15) is 22.8 Å². The van der Waals surface area contributed by atoms with E-state index in [4.69, 9.17) is 0 Å². The van der Waals surface area contributed by atoms with Crippen LogP contribution in [-0.4, -0.2) is 37.8 Å². The lowest BCUT2D eigenvalue weighted by atomic mass is 9.75. The monoisotopic (exact) mass is 352 g/mol. The summed E-state index contributed by atoms with van der Waals surface area (Å²) in [6.45, 7) is 7.45. The average Bonchev–Trinajstić information content (AvgIpc) is 3.25. The molecular weight excluding hydrogens is 328 g/mol. The molecule has 2 N–H and O–H groups in total. The SMILES string of the molecule is C[C@@H](O)c1nc2cnc3[nH]ccc3c2n1N1CCC(C(C)(C)C#N)CC1. The lowest BCUT2D eigenvalue weighted by Gasteiger charge is -2.39. The number of aromatic nitrogens is 4. The maximum Gasteiger partial charge on any atom is 0.157 e. The Morgan fingerprint density at radius 1 is 1.38 bits per heavy atom. The third-order valence-electron chi connectivity index (χ3n) is 5.64. The summed E-state index contributed by atoms with van der Waals surface area (Å²) in [5.74, 6) is 1.01. The molecule has 0 aliphatic carbocycles. The Morgan fingerprint density at radius 2 is 2.12 bits per heavy atom. The van der Waals surface area contributed by atoms with Gasteiger partial charge in [0.15, 0.2) is 5.82 Å². The van der Waals surface area contributed by atoms with Crippen LogP contribution in [0.3, 0.4) is 0 Å². The standard InChI is InChI=1S/C19H24N6O/c1-12(26)18-23-15-10-22-17-14(4-7-21-17)16(15)25(18)24-8-5-13(6-9-24)19(2,3)11-20/h4,7,10,12-13,26H,5-6,8-9H2,1-3H3,(H,21,22)/t12-/m1/s1. The molecule has 7 heteroatoms. The highest BCUT2D eigenvalue weighted by Gasteiger charge is 2.34. The van der Waals surface area contributed by atoms with Gasteiger partial charge in [0.25, 0.3) is 0 Å². The number of aliphatic hydroxyl groups excluding tert-OH is 1. The molecule has 0 spiro atoms. The van der Waals surface area contributed by atoms with Crippen LogP contribution in [0.4, 0.5) is 0 Å². The van der Waals surface area contributed by atoms with Crippen LogP contribution in [0.25, 0.3) is 22.1 Å². The lowest BCUT2D eigenvalue weighted by Crippen LogP contribution is -2.45. The largest absolute Gasteiger partial charge is 0.385 e. The number of pyridine rings is 1. The minimum atomic E-state index is -0.676. The number of aromatic amines is 1. The highest BCUT2D eigenvalue weighted by atomic mass is 16.3. The fourth-order valence-corrected chi connectivity index (χ4v) is 4.01. The number of hydrogen-bond donors (Lipinski definition) is 2. The van der Waals surface area contributed by atoms with E-state index in [0.29, 0.717) is 11.7 Å². The smallest absolute Gasteiger partial charge is 0.157 e. The number of fused-ring (bicyclic) bond motifs is 3. The highest BCUT2D eigenvalue weighted by Crippen LogP contribution is 2.35. The normalized spacial score (nSPS) is 17.7. The van der Waals surface area contributed by atoms with Crippen molar-refractivity contribution in [3.05, 3.63) is 24.3 Å². The van der Waals surface area contributed by atoms with Crippen molar-refractivity contribution in [2.45, 2.75) is 39.7 Å². The van der Waals surface area contributed by atoms with E-state index in [0.717, 1.165) is 48.0 Å². The Kier molecular flexibility index (Phi) is 3.88. The summed E-state index contributed by atoms with van der Waals surface area (Å²) in [6, 6.07) is 4.45. The third-order valence-corrected chi connectivity index (χ3v) is 5.64.